The Labute approximate surface area is 106 Å². The molecule has 1 atom stereocenters. The van der Waals surface area contributed by atoms with Crippen LogP contribution in [0, 0.1) is 5.82 Å². The van der Waals surface area contributed by atoms with Crippen molar-refractivity contribution in [1.82, 2.24) is 14.8 Å². The van der Waals surface area contributed by atoms with E-state index in [1.165, 1.54) is 12.3 Å². The first-order valence-electron chi connectivity index (χ1n) is 6.09. The molecular formula is C13H18FN3O. The maximum absolute atomic E-state index is 13.0. The van der Waals surface area contributed by atoms with E-state index in [1.807, 2.05) is 14.1 Å². The molecule has 0 amide bonds. The van der Waals surface area contributed by atoms with Crippen LogP contribution in [0.25, 0.3) is 0 Å². The number of hydrogen-bond donors (Lipinski definition) is 0. The number of carbonyl (C=O) groups excluding carboxylic acids is 1. The number of likely N-dealkylation sites (N-methyl/N-ethyl adjacent to an activating group) is 2. The summed E-state index contributed by atoms with van der Waals surface area (Å²) >= 11 is 0. The molecule has 0 radical (unpaired) electrons. The molecule has 0 aliphatic carbocycles. The molecule has 1 aliphatic rings. The van der Waals surface area contributed by atoms with Crippen LogP contribution >= 0.6 is 0 Å². The van der Waals surface area contributed by atoms with Crippen molar-refractivity contribution in [3.63, 3.8) is 0 Å². The van der Waals surface area contributed by atoms with Crippen LogP contribution in [0.1, 0.15) is 16.8 Å². The quantitative estimate of drug-likeness (QED) is 0.752. The van der Waals surface area contributed by atoms with Crippen molar-refractivity contribution in [1.29, 1.82) is 0 Å². The third-order valence-electron chi connectivity index (χ3n) is 3.43. The minimum Gasteiger partial charge on any atom is -0.304 e. The Morgan fingerprint density at radius 3 is 2.94 bits per heavy atom. The summed E-state index contributed by atoms with van der Waals surface area (Å²) in [6.45, 7) is 2.84. The van der Waals surface area contributed by atoms with Crippen LogP contribution in [0.3, 0.4) is 0 Å². The molecule has 1 saturated heterocycles. The summed E-state index contributed by atoms with van der Waals surface area (Å²) in [4.78, 5) is 20.2. The Bertz CT molecular complexity index is 438. The van der Waals surface area contributed by atoms with Gasteiger partial charge in [0.2, 0.25) is 0 Å². The van der Waals surface area contributed by atoms with E-state index in [-0.39, 0.29) is 11.8 Å². The molecule has 2 rings (SSSR count). The van der Waals surface area contributed by atoms with E-state index >= 15 is 0 Å². The summed E-state index contributed by atoms with van der Waals surface area (Å²) in [6, 6.07) is 1.45. The van der Waals surface area contributed by atoms with Gasteiger partial charge in [-0.1, -0.05) is 0 Å². The SMILES string of the molecule is CN1CCN(C)C(CC(=O)c2cncc(F)c2)C1. The van der Waals surface area contributed by atoms with E-state index in [9.17, 15) is 9.18 Å². The molecule has 4 nitrogen and oxygen atoms in total. The third kappa shape index (κ3) is 3.11. The van der Waals surface area contributed by atoms with E-state index in [0.717, 1.165) is 25.8 Å². The highest BCUT2D eigenvalue weighted by molar-refractivity contribution is 5.96. The van der Waals surface area contributed by atoms with Crippen LogP contribution in [-0.4, -0.2) is 60.3 Å². The Hall–Kier alpha value is -1.33. The molecule has 0 saturated carbocycles. The number of hydrogen-bond acceptors (Lipinski definition) is 4. The van der Waals surface area contributed by atoms with Crippen molar-refractivity contribution in [2.45, 2.75) is 12.5 Å². The van der Waals surface area contributed by atoms with Crippen molar-refractivity contribution in [3.05, 3.63) is 29.8 Å². The first-order valence-corrected chi connectivity index (χ1v) is 6.09. The fourth-order valence-corrected chi connectivity index (χ4v) is 2.22. The van der Waals surface area contributed by atoms with Crippen LogP contribution in [0.4, 0.5) is 4.39 Å². The van der Waals surface area contributed by atoms with Gasteiger partial charge in [0.05, 0.1) is 6.20 Å². The predicted molar refractivity (Wildman–Crippen MR) is 67.1 cm³/mol. The highest BCUT2D eigenvalue weighted by Crippen LogP contribution is 2.13. The largest absolute Gasteiger partial charge is 0.304 e. The molecule has 0 aromatic carbocycles. The van der Waals surface area contributed by atoms with Crippen LogP contribution in [0.2, 0.25) is 0 Å². The number of pyridine rings is 1. The molecule has 18 heavy (non-hydrogen) atoms. The number of rotatable bonds is 3. The molecule has 1 aromatic rings. The van der Waals surface area contributed by atoms with Gasteiger partial charge in [0.15, 0.2) is 5.78 Å². The molecule has 0 bridgehead atoms. The first-order chi connectivity index (χ1) is 8.56. The summed E-state index contributed by atoms with van der Waals surface area (Å²) < 4.78 is 13.0. The van der Waals surface area contributed by atoms with Gasteiger partial charge in [0.25, 0.3) is 0 Å². The Kier molecular flexibility index (Phi) is 4.04. The number of Topliss-reactive ketones (excluding diaryl/α,β-unsaturated/α-hetero) is 1. The second-order valence-electron chi connectivity index (χ2n) is 4.92. The maximum Gasteiger partial charge on any atom is 0.166 e. The minimum atomic E-state index is -0.463. The zero-order chi connectivity index (χ0) is 13.1. The molecule has 0 spiro atoms. The monoisotopic (exact) mass is 251 g/mol. The van der Waals surface area contributed by atoms with E-state index in [1.54, 1.807) is 0 Å². The summed E-state index contributed by atoms with van der Waals surface area (Å²) in [5, 5.41) is 0. The third-order valence-corrected chi connectivity index (χ3v) is 3.43. The highest BCUT2D eigenvalue weighted by Gasteiger charge is 2.25. The van der Waals surface area contributed by atoms with Crippen molar-refractivity contribution < 1.29 is 9.18 Å². The van der Waals surface area contributed by atoms with Crippen LogP contribution in [0.5, 0.6) is 0 Å². The van der Waals surface area contributed by atoms with Crippen LogP contribution in [-0.2, 0) is 0 Å². The van der Waals surface area contributed by atoms with Crippen molar-refractivity contribution in [3.8, 4) is 0 Å². The predicted octanol–water partition coefficient (Wildman–Crippen LogP) is 1.04. The lowest BCUT2D eigenvalue weighted by atomic mass is 10.0. The molecule has 1 aliphatic heterocycles. The number of carbonyl (C=O) groups is 1. The van der Waals surface area contributed by atoms with Gasteiger partial charge in [0, 0.05) is 43.9 Å². The summed E-state index contributed by atoms with van der Waals surface area (Å²) in [5.41, 5.74) is 0.358. The number of aromatic nitrogens is 1. The van der Waals surface area contributed by atoms with Gasteiger partial charge < -0.3 is 9.80 Å². The molecule has 5 heteroatoms. The van der Waals surface area contributed by atoms with Gasteiger partial charge in [-0.25, -0.2) is 4.39 Å². The van der Waals surface area contributed by atoms with E-state index in [4.69, 9.17) is 0 Å². The van der Waals surface area contributed by atoms with E-state index < -0.39 is 5.82 Å². The summed E-state index contributed by atoms with van der Waals surface area (Å²) in [7, 11) is 4.07. The number of ketones is 1. The maximum atomic E-state index is 13.0. The standard InChI is InChI=1S/C13H18FN3O/c1-16-3-4-17(2)12(9-16)6-13(18)10-5-11(14)8-15-7-10/h5,7-8,12H,3-4,6,9H2,1-2H3. The topological polar surface area (TPSA) is 36.4 Å². The zero-order valence-electron chi connectivity index (χ0n) is 10.8. The Morgan fingerprint density at radius 2 is 2.22 bits per heavy atom. The zero-order valence-corrected chi connectivity index (χ0v) is 10.8. The molecule has 2 heterocycles. The lowest BCUT2D eigenvalue weighted by Gasteiger charge is -2.37. The fourth-order valence-electron chi connectivity index (χ4n) is 2.22. The number of halogens is 1. The molecule has 98 valence electrons. The average Bonchev–Trinajstić information content (AvgIpc) is 2.34. The van der Waals surface area contributed by atoms with Crippen molar-refractivity contribution >= 4 is 5.78 Å². The summed E-state index contributed by atoms with van der Waals surface area (Å²) in [5.74, 6) is -0.510. The smallest absolute Gasteiger partial charge is 0.166 e. The second kappa shape index (κ2) is 5.54. The van der Waals surface area contributed by atoms with Gasteiger partial charge in [-0.2, -0.15) is 0 Å². The molecular weight excluding hydrogens is 233 g/mol. The second-order valence-corrected chi connectivity index (χ2v) is 4.92. The van der Waals surface area contributed by atoms with Gasteiger partial charge in [-0.15, -0.1) is 0 Å². The lowest BCUT2D eigenvalue weighted by molar-refractivity contribution is 0.0809. The molecule has 1 unspecified atom stereocenters. The normalized spacial score (nSPS) is 22.1. The van der Waals surface area contributed by atoms with Gasteiger partial charge in [-0.05, 0) is 20.2 Å². The number of piperazine rings is 1. The van der Waals surface area contributed by atoms with Crippen molar-refractivity contribution in [2.75, 3.05) is 33.7 Å². The van der Waals surface area contributed by atoms with E-state index in [0.29, 0.717) is 12.0 Å². The molecule has 1 fully saturated rings. The van der Waals surface area contributed by atoms with Crippen molar-refractivity contribution in [2.24, 2.45) is 0 Å². The Morgan fingerprint density at radius 1 is 1.44 bits per heavy atom. The summed E-state index contributed by atoms with van der Waals surface area (Å²) in [6.07, 6.45) is 2.95. The molecule has 0 N–H and O–H groups in total. The minimum absolute atomic E-state index is 0.0471. The highest BCUT2D eigenvalue weighted by atomic mass is 19.1. The van der Waals surface area contributed by atoms with Gasteiger partial charge in [0.1, 0.15) is 5.82 Å². The van der Waals surface area contributed by atoms with Crippen LogP contribution in [0.15, 0.2) is 18.5 Å². The Balaban J connectivity index is 2.02. The van der Waals surface area contributed by atoms with E-state index in [2.05, 4.69) is 14.8 Å². The van der Waals surface area contributed by atoms with Gasteiger partial charge in [-0.3, -0.25) is 9.78 Å². The van der Waals surface area contributed by atoms with Gasteiger partial charge >= 0.3 is 0 Å². The van der Waals surface area contributed by atoms with Crippen LogP contribution < -0.4 is 0 Å². The lowest BCUT2D eigenvalue weighted by Crippen LogP contribution is -2.50. The molecule has 1 aromatic heterocycles. The number of nitrogens with zero attached hydrogens (tertiary/aromatic N) is 3. The first kappa shape index (κ1) is 13.1. The average molecular weight is 251 g/mol. The fraction of sp³-hybridized carbons (Fsp3) is 0.538.